The van der Waals surface area contributed by atoms with Gasteiger partial charge >= 0.3 is 0 Å². The standard InChI is InChI=1S/C10H12O.C10H18O/c1-9(11)7-8-10-5-3-2-4-6-10;1-9(2)5-4-6-10(3)7-8-11/h2-6H,7-8H2,1H3;5,7,11H,4,6,8H2,1-3H3/b;10-7+. The van der Waals surface area contributed by atoms with Crippen molar-refractivity contribution in [3.05, 3.63) is 59.2 Å². The molecule has 0 aliphatic rings. The van der Waals surface area contributed by atoms with Gasteiger partial charge < -0.3 is 9.90 Å². The lowest BCUT2D eigenvalue weighted by atomic mass is 10.1. The molecule has 2 nitrogen and oxygen atoms in total. The van der Waals surface area contributed by atoms with Crippen molar-refractivity contribution in [3.8, 4) is 0 Å². The zero-order valence-corrected chi connectivity index (χ0v) is 14.4. The van der Waals surface area contributed by atoms with Crippen LogP contribution in [0.15, 0.2) is 53.6 Å². The molecular formula is C20H30O2. The van der Waals surface area contributed by atoms with Gasteiger partial charge in [-0.2, -0.15) is 0 Å². The minimum Gasteiger partial charge on any atom is -0.392 e. The fourth-order valence-corrected chi connectivity index (χ4v) is 1.81. The Bertz CT molecular complexity index is 466. The highest BCUT2D eigenvalue weighted by atomic mass is 16.2. The van der Waals surface area contributed by atoms with Crippen molar-refractivity contribution in [3.63, 3.8) is 0 Å². The van der Waals surface area contributed by atoms with Gasteiger partial charge in [-0.05, 0) is 52.5 Å². The first-order valence-corrected chi connectivity index (χ1v) is 7.89. The molecule has 2 heteroatoms. The summed E-state index contributed by atoms with van der Waals surface area (Å²) in [6.45, 7) is 8.05. The number of aryl methyl sites for hydroxylation is 1. The van der Waals surface area contributed by atoms with Crippen LogP contribution in [-0.4, -0.2) is 17.5 Å². The SMILES string of the molecule is CC(=O)CCc1ccccc1.CC(C)=CCC/C(C)=C/CO. The van der Waals surface area contributed by atoms with Crippen molar-refractivity contribution < 1.29 is 9.90 Å². The van der Waals surface area contributed by atoms with E-state index in [9.17, 15) is 4.79 Å². The van der Waals surface area contributed by atoms with E-state index in [2.05, 4.69) is 26.8 Å². The van der Waals surface area contributed by atoms with Crippen LogP contribution in [0.25, 0.3) is 0 Å². The maximum Gasteiger partial charge on any atom is 0.130 e. The van der Waals surface area contributed by atoms with Gasteiger partial charge in [-0.1, -0.05) is 53.6 Å². The van der Waals surface area contributed by atoms with Crippen LogP contribution in [0.2, 0.25) is 0 Å². The lowest BCUT2D eigenvalue weighted by Crippen LogP contribution is -1.92. The molecule has 0 bridgehead atoms. The van der Waals surface area contributed by atoms with Gasteiger partial charge in [0.25, 0.3) is 0 Å². The van der Waals surface area contributed by atoms with Crippen molar-refractivity contribution >= 4 is 5.78 Å². The summed E-state index contributed by atoms with van der Waals surface area (Å²) in [4.78, 5) is 10.6. The van der Waals surface area contributed by atoms with E-state index in [1.807, 2.05) is 36.4 Å². The number of carbonyl (C=O) groups is 1. The molecule has 1 aromatic rings. The highest BCUT2D eigenvalue weighted by Crippen LogP contribution is 2.05. The second-order valence-electron chi connectivity index (χ2n) is 5.74. The van der Waals surface area contributed by atoms with E-state index in [-0.39, 0.29) is 12.4 Å². The van der Waals surface area contributed by atoms with Gasteiger partial charge in [0.15, 0.2) is 0 Å². The predicted molar refractivity (Wildman–Crippen MR) is 95.0 cm³/mol. The molecule has 0 fully saturated rings. The van der Waals surface area contributed by atoms with Crippen LogP contribution in [0.5, 0.6) is 0 Å². The normalized spacial score (nSPS) is 10.5. The number of aliphatic hydroxyl groups is 1. The molecule has 0 radical (unpaired) electrons. The summed E-state index contributed by atoms with van der Waals surface area (Å²) in [5, 5.41) is 8.55. The molecule has 1 rings (SSSR count). The van der Waals surface area contributed by atoms with E-state index in [0.717, 1.165) is 19.3 Å². The summed E-state index contributed by atoms with van der Waals surface area (Å²) < 4.78 is 0. The first-order valence-electron chi connectivity index (χ1n) is 7.89. The molecule has 122 valence electrons. The highest BCUT2D eigenvalue weighted by molar-refractivity contribution is 5.75. The molecule has 0 aliphatic carbocycles. The topological polar surface area (TPSA) is 37.3 Å². The monoisotopic (exact) mass is 302 g/mol. The van der Waals surface area contributed by atoms with Crippen molar-refractivity contribution in [2.24, 2.45) is 0 Å². The molecule has 0 saturated carbocycles. The summed E-state index contributed by atoms with van der Waals surface area (Å²) >= 11 is 0. The Morgan fingerprint density at radius 2 is 1.64 bits per heavy atom. The second-order valence-corrected chi connectivity index (χ2v) is 5.74. The van der Waals surface area contributed by atoms with Crippen molar-refractivity contribution in [1.82, 2.24) is 0 Å². The van der Waals surface area contributed by atoms with Gasteiger partial charge in [-0.15, -0.1) is 0 Å². The molecule has 0 aliphatic heterocycles. The summed E-state index contributed by atoms with van der Waals surface area (Å²) in [5.74, 6) is 0.258. The van der Waals surface area contributed by atoms with E-state index in [1.165, 1.54) is 16.7 Å². The zero-order valence-electron chi connectivity index (χ0n) is 14.4. The lowest BCUT2D eigenvalue weighted by Gasteiger charge is -1.96. The van der Waals surface area contributed by atoms with Crippen LogP contribution >= 0.6 is 0 Å². The molecule has 1 aromatic carbocycles. The number of benzene rings is 1. The first kappa shape index (κ1) is 20.3. The van der Waals surface area contributed by atoms with Gasteiger partial charge in [0.2, 0.25) is 0 Å². The van der Waals surface area contributed by atoms with Gasteiger partial charge in [0.05, 0.1) is 6.61 Å². The number of carbonyl (C=O) groups excluding carboxylic acids is 1. The smallest absolute Gasteiger partial charge is 0.130 e. The number of Topliss-reactive ketones (excluding diaryl/α,β-unsaturated/α-hetero) is 1. The Balaban J connectivity index is 0.000000401. The van der Waals surface area contributed by atoms with Crippen molar-refractivity contribution in [2.75, 3.05) is 6.61 Å². The fourth-order valence-electron chi connectivity index (χ4n) is 1.81. The average molecular weight is 302 g/mol. The molecule has 0 heterocycles. The molecule has 0 spiro atoms. The Kier molecular flexibility index (Phi) is 12.0. The maximum atomic E-state index is 10.6. The van der Waals surface area contributed by atoms with Crippen molar-refractivity contribution in [2.45, 2.75) is 53.4 Å². The van der Waals surface area contributed by atoms with Crippen LogP contribution in [0.3, 0.4) is 0 Å². The molecule has 0 aromatic heterocycles. The lowest BCUT2D eigenvalue weighted by molar-refractivity contribution is -0.116. The summed E-state index contributed by atoms with van der Waals surface area (Å²) in [5.41, 5.74) is 3.87. The van der Waals surface area contributed by atoms with Crippen molar-refractivity contribution in [1.29, 1.82) is 0 Å². The predicted octanol–water partition coefficient (Wildman–Crippen LogP) is 4.88. The fraction of sp³-hybridized carbons (Fsp3) is 0.450. The minimum atomic E-state index is 0.167. The zero-order chi connectivity index (χ0) is 16.8. The molecule has 0 saturated heterocycles. The van der Waals surface area contributed by atoms with Gasteiger partial charge in [0.1, 0.15) is 5.78 Å². The maximum absolute atomic E-state index is 10.6. The quantitative estimate of drug-likeness (QED) is 0.729. The second kappa shape index (κ2) is 13.0. The molecule has 1 N–H and O–H groups in total. The van der Waals surface area contributed by atoms with Gasteiger partial charge in [-0.25, -0.2) is 0 Å². The van der Waals surface area contributed by atoms with Gasteiger partial charge in [0, 0.05) is 6.42 Å². The molecule has 0 amide bonds. The number of rotatable bonds is 7. The number of hydrogen-bond donors (Lipinski definition) is 1. The number of allylic oxidation sites excluding steroid dienone is 3. The Hall–Kier alpha value is -1.67. The van der Waals surface area contributed by atoms with E-state index in [4.69, 9.17) is 5.11 Å². The number of hydrogen-bond acceptors (Lipinski definition) is 2. The van der Waals surface area contributed by atoms with E-state index < -0.39 is 0 Å². The summed E-state index contributed by atoms with van der Waals surface area (Å²) in [6.07, 6.45) is 7.75. The third-order valence-electron chi connectivity index (χ3n) is 3.14. The van der Waals surface area contributed by atoms with Crippen LogP contribution in [0.1, 0.15) is 52.5 Å². The first-order chi connectivity index (χ1) is 10.5. The third kappa shape index (κ3) is 13.3. The Morgan fingerprint density at radius 1 is 1.00 bits per heavy atom. The molecule has 0 atom stereocenters. The van der Waals surface area contributed by atoms with E-state index in [0.29, 0.717) is 6.42 Å². The average Bonchev–Trinajstić information content (AvgIpc) is 2.47. The minimum absolute atomic E-state index is 0.167. The van der Waals surface area contributed by atoms with E-state index in [1.54, 1.807) is 6.92 Å². The summed E-state index contributed by atoms with van der Waals surface area (Å²) in [7, 11) is 0. The van der Waals surface area contributed by atoms with Crippen LogP contribution in [-0.2, 0) is 11.2 Å². The molecular weight excluding hydrogens is 272 g/mol. The third-order valence-corrected chi connectivity index (χ3v) is 3.14. The summed E-state index contributed by atoms with van der Waals surface area (Å²) in [6, 6.07) is 10.1. The van der Waals surface area contributed by atoms with Crippen LogP contribution in [0, 0.1) is 0 Å². The Labute approximate surface area is 135 Å². The van der Waals surface area contributed by atoms with Crippen LogP contribution < -0.4 is 0 Å². The van der Waals surface area contributed by atoms with Gasteiger partial charge in [-0.3, -0.25) is 0 Å². The molecule has 0 unspecified atom stereocenters. The van der Waals surface area contributed by atoms with E-state index >= 15 is 0 Å². The number of ketones is 1. The Morgan fingerprint density at radius 3 is 2.14 bits per heavy atom. The highest BCUT2D eigenvalue weighted by Gasteiger charge is 1.94. The van der Waals surface area contributed by atoms with Crippen LogP contribution in [0.4, 0.5) is 0 Å². The largest absolute Gasteiger partial charge is 0.392 e. The molecule has 22 heavy (non-hydrogen) atoms. The number of aliphatic hydroxyl groups excluding tert-OH is 1.